The molecule has 0 spiro atoms. The summed E-state index contributed by atoms with van der Waals surface area (Å²) in [5.74, 6) is 7.26. The van der Waals surface area contributed by atoms with Gasteiger partial charge < -0.3 is 0 Å². The number of hydrogen-bond donors (Lipinski definition) is 0. The second-order valence-electron chi connectivity index (χ2n) is 3.26. The molecule has 0 saturated carbocycles. The van der Waals surface area contributed by atoms with Gasteiger partial charge in [0.2, 0.25) is 0 Å². The minimum atomic E-state index is -1.43. The average molecular weight is 201 g/mol. The fraction of sp³-hybridized carbons (Fsp3) is 0.429. The van der Waals surface area contributed by atoms with Gasteiger partial charge in [-0.05, 0) is 0 Å². The van der Waals surface area contributed by atoms with Crippen molar-refractivity contribution in [3.05, 3.63) is 16.8 Å². The third kappa shape index (κ3) is 1.83. The van der Waals surface area contributed by atoms with Crippen molar-refractivity contribution >= 4 is 29.0 Å². The summed E-state index contributed by atoms with van der Waals surface area (Å²) < 4.78 is 1.63. The Balaban J connectivity index is 2.90. The first-order valence-electron chi connectivity index (χ1n) is 3.13. The van der Waals surface area contributed by atoms with Crippen molar-refractivity contribution in [2.24, 2.45) is 0 Å². The van der Waals surface area contributed by atoms with Crippen LogP contribution in [-0.2, 0) is 0 Å². The number of hydrogen-bond acceptors (Lipinski definition) is 1. The topological polar surface area (TPSA) is 0 Å². The summed E-state index contributed by atoms with van der Waals surface area (Å²) in [6.45, 7) is 0. The average Bonchev–Trinajstić information content (AvgIpc) is 2.08. The van der Waals surface area contributed by atoms with Gasteiger partial charge in [0.05, 0.1) is 0 Å². The molecule has 0 radical (unpaired) electrons. The third-order valence-electron chi connectivity index (χ3n) is 1.39. The Bertz CT molecular complexity index is 171. The third-order valence-corrected chi connectivity index (χ3v) is 6.80. The van der Waals surface area contributed by atoms with Gasteiger partial charge in [0.25, 0.3) is 0 Å². The Hall–Kier alpha value is 0.243. The van der Waals surface area contributed by atoms with Gasteiger partial charge in [0.15, 0.2) is 0 Å². The molecule has 0 nitrogen and oxygen atoms in total. The molecule has 0 aliphatic rings. The predicted octanol–water partition coefficient (Wildman–Crippen LogP) is 2.29. The van der Waals surface area contributed by atoms with Crippen LogP contribution in [0, 0.1) is 0 Å². The molecule has 0 aromatic carbocycles. The molecule has 0 aliphatic carbocycles. The molecule has 0 fully saturated rings. The number of thiophene rings is 1. The standard InChI is InChI=1S/C7H12GeS/c1-8(2,3)7-4-5-9-6-7/h4-6H,1-3H3. The fourth-order valence-corrected chi connectivity index (χ4v) is 5.70. The monoisotopic (exact) mass is 202 g/mol. The second kappa shape index (κ2) is 2.47. The van der Waals surface area contributed by atoms with E-state index in [9.17, 15) is 0 Å². The van der Waals surface area contributed by atoms with E-state index in [1.807, 2.05) is 11.3 Å². The van der Waals surface area contributed by atoms with E-state index in [4.69, 9.17) is 0 Å². The van der Waals surface area contributed by atoms with E-state index < -0.39 is 13.3 Å². The summed E-state index contributed by atoms with van der Waals surface area (Å²) >= 11 is 0.386. The molecule has 0 amide bonds. The molecular weight excluding hydrogens is 189 g/mol. The van der Waals surface area contributed by atoms with E-state index in [0.29, 0.717) is 0 Å². The molecule has 1 aromatic rings. The summed E-state index contributed by atoms with van der Waals surface area (Å²) in [5, 5.41) is 4.46. The summed E-state index contributed by atoms with van der Waals surface area (Å²) in [6, 6.07) is 2.27. The first-order valence-corrected chi connectivity index (χ1v) is 11.4. The molecule has 2 heteroatoms. The molecular formula is C7H12GeS. The van der Waals surface area contributed by atoms with E-state index in [1.165, 1.54) is 0 Å². The molecule has 1 rings (SSSR count). The van der Waals surface area contributed by atoms with E-state index in [0.717, 1.165) is 0 Å². The molecule has 0 N–H and O–H groups in total. The van der Waals surface area contributed by atoms with Crippen molar-refractivity contribution in [1.82, 2.24) is 0 Å². The van der Waals surface area contributed by atoms with Gasteiger partial charge in [-0.1, -0.05) is 0 Å². The molecule has 50 valence electrons. The zero-order valence-corrected chi connectivity index (χ0v) is 9.05. The summed E-state index contributed by atoms with van der Waals surface area (Å²) in [7, 11) is 0. The van der Waals surface area contributed by atoms with Crippen LogP contribution >= 0.6 is 11.3 Å². The Morgan fingerprint density at radius 1 is 1.33 bits per heavy atom. The fourth-order valence-electron chi connectivity index (χ4n) is 0.691. The Morgan fingerprint density at radius 3 is 2.22 bits per heavy atom. The first kappa shape index (κ1) is 7.35. The molecule has 0 bridgehead atoms. The van der Waals surface area contributed by atoms with Crippen LogP contribution in [0.3, 0.4) is 0 Å². The van der Waals surface area contributed by atoms with Crippen LogP contribution in [0.4, 0.5) is 0 Å². The summed E-state index contributed by atoms with van der Waals surface area (Å²) in [5.41, 5.74) is 0. The van der Waals surface area contributed by atoms with Crippen LogP contribution in [0.15, 0.2) is 16.8 Å². The zero-order chi connectivity index (χ0) is 6.91. The van der Waals surface area contributed by atoms with E-state index in [-0.39, 0.29) is 0 Å². The van der Waals surface area contributed by atoms with Crippen molar-refractivity contribution in [1.29, 1.82) is 0 Å². The van der Waals surface area contributed by atoms with Gasteiger partial charge in [0.1, 0.15) is 0 Å². The zero-order valence-electron chi connectivity index (χ0n) is 6.14. The van der Waals surface area contributed by atoms with Crippen LogP contribution in [-0.4, -0.2) is 13.3 Å². The van der Waals surface area contributed by atoms with Crippen LogP contribution in [0.25, 0.3) is 0 Å². The summed E-state index contributed by atoms with van der Waals surface area (Å²) in [4.78, 5) is 0. The molecule has 0 saturated heterocycles. The molecule has 0 aliphatic heterocycles. The predicted molar refractivity (Wildman–Crippen MR) is 47.3 cm³/mol. The molecule has 0 atom stereocenters. The van der Waals surface area contributed by atoms with Crippen molar-refractivity contribution in [3.63, 3.8) is 0 Å². The van der Waals surface area contributed by atoms with Crippen LogP contribution in [0.1, 0.15) is 0 Å². The molecule has 9 heavy (non-hydrogen) atoms. The second-order valence-corrected chi connectivity index (χ2v) is 14.7. The SMILES string of the molecule is [CH3][Ge]([CH3])([CH3])[c]1ccsc1. The van der Waals surface area contributed by atoms with Crippen molar-refractivity contribution < 1.29 is 0 Å². The Morgan fingerprint density at radius 2 is 2.00 bits per heavy atom. The Labute approximate surface area is 63.3 Å². The van der Waals surface area contributed by atoms with Crippen LogP contribution in [0.5, 0.6) is 0 Å². The normalized spacial score (nSPS) is 11.9. The van der Waals surface area contributed by atoms with Gasteiger partial charge >= 0.3 is 63.1 Å². The molecule has 1 aromatic heterocycles. The molecule has 0 unspecified atom stereocenters. The van der Waals surface area contributed by atoms with E-state index in [2.05, 4.69) is 34.1 Å². The summed E-state index contributed by atoms with van der Waals surface area (Å²) in [6.07, 6.45) is 0. The van der Waals surface area contributed by atoms with Gasteiger partial charge in [-0.2, -0.15) is 0 Å². The quantitative estimate of drug-likeness (QED) is 0.611. The van der Waals surface area contributed by atoms with Crippen molar-refractivity contribution in [2.45, 2.75) is 17.3 Å². The van der Waals surface area contributed by atoms with Gasteiger partial charge in [0, 0.05) is 0 Å². The van der Waals surface area contributed by atoms with Crippen molar-refractivity contribution in [2.75, 3.05) is 0 Å². The van der Waals surface area contributed by atoms with E-state index >= 15 is 0 Å². The molecule has 1 heterocycles. The first-order chi connectivity index (χ1) is 4.11. The maximum absolute atomic E-state index is 2.42. The minimum absolute atomic E-state index is 1.43. The Kier molecular flexibility index (Phi) is 2.01. The van der Waals surface area contributed by atoms with Gasteiger partial charge in [-0.3, -0.25) is 0 Å². The van der Waals surface area contributed by atoms with Gasteiger partial charge in [-0.25, -0.2) is 0 Å². The van der Waals surface area contributed by atoms with Crippen molar-refractivity contribution in [3.8, 4) is 0 Å². The maximum atomic E-state index is 2.42. The van der Waals surface area contributed by atoms with Crippen LogP contribution < -0.4 is 4.40 Å². The van der Waals surface area contributed by atoms with Crippen LogP contribution in [0.2, 0.25) is 17.3 Å². The number of rotatable bonds is 1. The van der Waals surface area contributed by atoms with Gasteiger partial charge in [-0.15, -0.1) is 0 Å². The van der Waals surface area contributed by atoms with E-state index in [1.54, 1.807) is 4.40 Å².